The van der Waals surface area contributed by atoms with Crippen LogP contribution in [0.5, 0.6) is 0 Å². The van der Waals surface area contributed by atoms with E-state index in [9.17, 15) is 9.59 Å². The van der Waals surface area contributed by atoms with Gasteiger partial charge in [0.25, 0.3) is 5.91 Å². The summed E-state index contributed by atoms with van der Waals surface area (Å²) in [7, 11) is 0. The van der Waals surface area contributed by atoms with E-state index < -0.39 is 5.91 Å². The zero-order valence-electron chi connectivity index (χ0n) is 10.1. The van der Waals surface area contributed by atoms with Crippen molar-refractivity contribution in [2.24, 2.45) is 5.84 Å². The SMILES string of the molecule is NNC(=O)c1coc(CN2CCCCCC2=O)c1. The van der Waals surface area contributed by atoms with E-state index in [-0.39, 0.29) is 5.91 Å². The largest absolute Gasteiger partial charge is 0.467 e. The molecule has 2 heterocycles. The number of likely N-dealkylation sites (tertiary alicyclic amines) is 1. The summed E-state index contributed by atoms with van der Waals surface area (Å²) in [6, 6.07) is 1.61. The van der Waals surface area contributed by atoms with Gasteiger partial charge < -0.3 is 9.32 Å². The third kappa shape index (κ3) is 2.89. The van der Waals surface area contributed by atoms with Crippen LogP contribution in [0.2, 0.25) is 0 Å². The van der Waals surface area contributed by atoms with Crippen LogP contribution in [0.1, 0.15) is 41.8 Å². The average Bonchev–Trinajstić information content (AvgIpc) is 2.75. The lowest BCUT2D eigenvalue weighted by Crippen LogP contribution is -2.30. The number of hydrogen-bond acceptors (Lipinski definition) is 4. The molecular weight excluding hydrogens is 234 g/mol. The Labute approximate surface area is 105 Å². The van der Waals surface area contributed by atoms with Crippen LogP contribution in [0.25, 0.3) is 0 Å². The van der Waals surface area contributed by atoms with Crippen LogP contribution in [-0.2, 0) is 11.3 Å². The molecule has 3 N–H and O–H groups in total. The minimum absolute atomic E-state index is 0.147. The number of nitrogens with one attached hydrogen (secondary N) is 1. The van der Waals surface area contributed by atoms with Crippen molar-refractivity contribution >= 4 is 11.8 Å². The first-order valence-corrected chi connectivity index (χ1v) is 6.07. The molecule has 2 amide bonds. The molecule has 0 aromatic carbocycles. The van der Waals surface area contributed by atoms with E-state index in [1.54, 1.807) is 11.0 Å². The Hall–Kier alpha value is -1.82. The van der Waals surface area contributed by atoms with Gasteiger partial charge in [-0.3, -0.25) is 15.0 Å². The Bertz CT molecular complexity index is 442. The zero-order valence-corrected chi connectivity index (χ0v) is 10.1. The van der Waals surface area contributed by atoms with Crippen molar-refractivity contribution in [1.82, 2.24) is 10.3 Å². The summed E-state index contributed by atoms with van der Waals surface area (Å²) < 4.78 is 5.27. The number of rotatable bonds is 3. The highest BCUT2D eigenvalue weighted by Gasteiger charge is 2.18. The number of carbonyl (C=O) groups excluding carboxylic acids is 2. The fourth-order valence-corrected chi connectivity index (χ4v) is 2.06. The lowest BCUT2D eigenvalue weighted by atomic mass is 10.2. The van der Waals surface area contributed by atoms with Gasteiger partial charge >= 0.3 is 0 Å². The highest BCUT2D eigenvalue weighted by molar-refractivity contribution is 5.93. The van der Waals surface area contributed by atoms with Crippen molar-refractivity contribution in [3.8, 4) is 0 Å². The van der Waals surface area contributed by atoms with E-state index in [0.29, 0.717) is 24.3 Å². The molecule has 1 saturated heterocycles. The van der Waals surface area contributed by atoms with Crippen LogP contribution in [0, 0.1) is 0 Å². The van der Waals surface area contributed by atoms with Crippen molar-refractivity contribution < 1.29 is 14.0 Å². The van der Waals surface area contributed by atoms with E-state index in [2.05, 4.69) is 0 Å². The number of amides is 2. The van der Waals surface area contributed by atoms with Crippen LogP contribution in [-0.4, -0.2) is 23.3 Å². The van der Waals surface area contributed by atoms with Gasteiger partial charge in [0, 0.05) is 13.0 Å². The molecule has 2 rings (SSSR count). The molecule has 0 unspecified atom stereocenters. The van der Waals surface area contributed by atoms with E-state index in [4.69, 9.17) is 10.3 Å². The maximum atomic E-state index is 11.8. The van der Waals surface area contributed by atoms with Crippen LogP contribution >= 0.6 is 0 Å². The first-order valence-electron chi connectivity index (χ1n) is 6.07. The van der Waals surface area contributed by atoms with E-state index >= 15 is 0 Å². The summed E-state index contributed by atoms with van der Waals surface area (Å²) in [5, 5.41) is 0. The molecule has 1 fully saturated rings. The summed E-state index contributed by atoms with van der Waals surface area (Å²) in [6.07, 6.45) is 4.99. The molecule has 18 heavy (non-hydrogen) atoms. The fraction of sp³-hybridized carbons (Fsp3) is 0.500. The molecule has 1 aliphatic heterocycles. The second-order valence-electron chi connectivity index (χ2n) is 4.40. The Balaban J connectivity index is 2.01. The lowest BCUT2D eigenvalue weighted by Gasteiger charge is -2.18. The van der Waals surface area contributed by atoms with Gasteiger partial charge in [0.2, 0.25) is 5.91 Å². The second kappa shape index (κ2) is 5.68. The normalized spacial score (nSPS) is 16.5. The number of furan rings is 1. The summed E-state index contributed by atoms with van der Waals surface area (Å²) in [6.45, 7) is 1.16. The van der Waals surface area contributed by atoms with Gasteiger partial charge in [-0.05, 0) is 18.9 Å². The minimum Gasteiger partial charge on any atom is -0.467 e. The standard InChI is InChI=1S/C12H17N3O3/c13-14-12(17)9-6-10(18-8-9)7-15-5-3-1-2-4-11(15)16/h6,8H,1-5,7,13H2,(H,14,17). The van der Waals surface area contributed by atoms with Gasteiger partial charge in [0.05, 0.1) is 12.1 Å². The van der Waals surface area contributed by atoms with Crippen LogP contribution < -0.4 is 11.3 Å². The molecule has 0 aliphatic carbocycles. The zero-order chi connectivity index (χ0) is 13.0. The van der Waals surface area contributed by atoms with Gasteiger partial charge in [-0.1, -0.05) is 6.42 Å². The van der Waals surface area contributed by atoms with Crippen LogP contribution in [0.15, 0.2) is 16.7 Å². The monoisotopic (exact) mass is 251 g/mol. The molecule has 0 saturated carbocycles. The maximum Gasteiger partial charge on any atom is 0.268 e. The molecule has 98 valence electrons. The van der Waals surface area contributed by atoms with E-state index in [1.165, 1.54) is 6.26 Å². The Morgan fingerprint density at radius 2 is 2.28 bits per heavy atom. The summed E-state index contributed by atoms with van der Waals surface area (Å²) >= 11 is 0. The van der Waals surface area contributed by atoms with Crippen LogP contribution in [0.4, 0.5) is 0 Å². The molecule has 1 aliphatic rings. The molecule has 1 aromatic heterocycles. The van der Waals surface area contributed by atoms with Crippen molar-refractivity contribution in [3.63, 3.8) is 0 Å². The molecule has 0 spiro atoms. The molecule has 1 aromatic rings. The minimum atomic E-state index is -0.396. The highest BCUT2D eigenvalue weighted by atomic mass is 16.3. The Morgan fingerprint density at radius 3 is 3.06 bits per heavy atom. The topological polar surface area (TPSA) is 88.6 Å². The molecule has 0 bridgehead atoms. The molecule has 0 atom stereocenters. The lowest BCUT2D eigenvalue weighted by molar-refractivity contribution is -0.131. The van der Waals surface area contributed by atoms with Gasteiger partial charge in [-0.25, -0.2) is 5.84 Å². The van der Waals surface area contributed by atoms with Crippen LogP contribution in [0.3, 0.4) is 0 Å². The number of hydrazine groups is 1. The number of carbonyl (C=O) groups is 2. The molecule has 6 nitrogen and oxygen atoms in total. The number of nitrogens with zero attached hydrogens (tertiary/aromatic N) is 1. The summed E-state index contributed by atoms with van der Waals surface area (Å²) in [5.41, 5.74) is 2.41. The first kappa shape index (κ1) is 12.6. The van der Waals surface area contributed by atoms with Crippen molar-refractivity contribution in [2.75, 3.05) is 6.54 Å². The van der Waals surface area contributed by atoms with E-state index in [0.717, 1.165) is 25.8 Å². The predicted octanol–water partition coefficient (Wildman–Crippen LogP) is 0.786. The van der Waals surface area contributed by atoms with Crippen molar-refractivity contribution in [3.05, 3.63) is 23.7 Å². The molecule has 6 heteroatoms. The van der Waals surface area contributed by atoms with Gasteiger partial charge in [-0.2, -0.15) is 0 Å². The number of nitrogens with two attached hydrogens (primary N) is 1. The van der Waals surface area contributed by atoms with Gasteiger partial charge in [-0.15, -0.1) is 0 Å². The predicted molar refractivity (Wildman–Crippen MR) is 64.2 cm³/mol. The Kier molecular flexibility index (Phi) is 3.99. The third-order valence-electron chi connectivity index (χ3n) is 3.07. The van der Waals surface area contributed by atoms with Gasteiger partial charge in [0.15, 0.2) is 0 Å². The number of hydrogen-bond donors (Lipinski definition) is 2. The molecule has 0 radical (unpaired) electrons. The third-order valence-corrected chi connectivity index (χ3v) is 3.07. The Morgan fingerprint density at radius 1 is 1.44 bits per heavy atom. The van der Waals surface area contributed by atoms with Gasteiger partial charge in [0.1, 0.15) is 12.0 Å². The van der Waals surface area contributed by atoms with Crippen molar-refractivity contribution in [2.45, 2.75) is 32.2 Å². The number of nitrogen functional groups attached to an aromatic ring is 1. The smallest absolute Gasteiger partial charge is 0.268 e. The first-order chi connectivity index (χ1) is 8.70. The van der Waals surface area contributed by atoms with E-state index in [1.807, 2.05) is 5.43 Å². The second-order valence-corrected chi connectivity index (χ2v) is 4.40. The summed E-state index contributed by atoms with van der Waals surface area (Å²) in [4.78, 5) is 24.8. The average molecular weight is 251 g/mol. The molecular formula is C12H17N3O3. The van der Waals surface area contributed by atoms with Crippen molar-refractivity contribution in [1.29, 1.82) is 0 Å². The summed E-state index contributed by atoms with van der Waals surface area (Å²) in [5.74, 6) is 5.39. The quantitative estimate of drug-likeness (QED) is 0.472. The highest BCUT2D eigenvalue weighted by Crippen LogP contribution is 2.16. The maximum absolute atomic E-state index is 11.8. The fourth-order valence-electron chi connectivity index (χ4n) is 2.06.